The summed E-state index contributed by atoms with van der Waals surface area (Å²) in [6, 6.07) is 2.05. The van der Waals surface area contributed by atoms with Crippen LogP contribution < -0.4 is 0 Å². The first-order valence-corrected chi connectivity index (χ1v) is 4.06. The first kappa shape index (κ1) is 6.72. The van der Waals surface area contributed by atoms with Crippen LogP contribution in [-0.2, 0) is 0 Å². The molecular formula is C5H3BrN2S. The van der Waals surface area contributed by atoms with Gasteiger partial charge in [-0.1, -0.05) is 15.9 Å². The van der Waals surface area contributed by atoms with E-state index < -0.39 is 0 Å². The fourth-order valence-electron chi connectivity index (χ4n) is 0.414. The molecule has 0 aliphatic rings. The molecule has 0 saturated carbocycles. The molecule has 1 atom stereocenters. The van der Waals surface area contributed by atoms with Crippen molar-refractivity contribution in [2.45, 2.75) is 4.83 Å². The highest BCUT2D eigenvalue weighted by atomic mass is 79.9. The van der Waals surface area contributed by atoms with Crippen LogP contribution in [-0.4, -0.2) is 4.98 Å². The van der Waals surface area contributed by atoms with Crippen LogP contribution in [0.3, 0.4) is 0 Å². The third-order valence-electron chi connectivity index (χ3n) is 0.815. The van der Waals surface area contributed by atoms with E-state index in [1.807, 2.05) is 0 Å². The van der Waals surface area contributed by atoms with Crippen LogP contribution in [0.25, 0.3) is 0 Å². The van der Waals surface area contributed by atoms with Crippen molar-refractivity contribution in [2.75, 3.05) is 0 Å². The monoisotopic (exact) mass is 202 g/mol. The molecule has 1 heterocycles. The summed E-state index contributed by atoms with van der Waals surface area (Å²) in [4.78, 5) is 4.59. The molecule has 0 saturated heterocycles. The van der Waals surface area contributed by atoms with Crippen LogP contribution in [0.15, 0.2) is 11.7 Å². The number of rotatable bonds is 1. The Labute approximate surface area is 65.3 Å². The van der Waals surface area contributed by atoms with Gasteiger partial charge >= 0.3 is 0 Å². The number of alkyl halides is 1. The van der Waals surface area contributed by atoms with Gasteiger partial charge in [0.2, 0.25) is 0 Å². The lowest BCUT2D eigenvalue weighted by molar-refractivity contribution is 1.27. The Kier molecular flexibility index (Phi) is 2.20. The maximum Gasteiger partial charge on any atom is 0.137 e. The van der Waals surface area contributed by atoms with Crippen LogP contribution >= 0.6 is 27.3 Å². The molecule has 0 radical (unpaired) electrons. The van der Waals surface area contributed by atoms with Gasteiger partial charge in [-0.2, -0.15) is 5.26 Å². The van der Waals surface area contributed by atoms with Crippen LogP contribution in [0.4, 0.5) is 0 Å². The summed E-state index contributed by atoms with van der Waals surface area (Å²) in [5.74, 6) is 0. The van der Waals surface area contributed by atoms with Gasteiger partial charge in [0.05, 0.1) is 16.5 Å². The van der Waals surface area contributed by atoms with Crippen LogP contribution in [0.5, 0.6) is 0 Å². The summed E-state index contributed by atoms with van der Waals surface area (Å²) in [7, 11) is 0. The van der Waals surface area contributed by atoms with Crippen molar-refractivity contribution in [3.63, 3.8) is 0 Å². The Hall–Kier alpha value is -0.400. The number of thiazole rings is 1. The lowest BCUT2D eigenvalue weighted by Gasteiger charge is -1.89. The van der Waals surface area contributed by atoms with E-state index in [1.54, 1.807) is 11.7 Å². The van der Waals surface area contributed by atoms with Gasteiger partial charge in [0.1, 0.15) is 4.83 Å². The zero-order valence-corrected chi connectivity index (χ0v) is 6.82. The topological polar surface area (TPSA) is 36.7 Å². The maximum atomic E-state index is 8.39. The van der Waals surface area contributed by atoms with Crippen molar-refractivity contribution in [1.29, 1.82) is 5.26 Å². The number of aromatic nitrogens is 1. The number of nitrogens with zero attached hydrogens (tertiary/aromatic N) is 2. The number of hydrogen-bond acceptors (Lipinski definition) is 3. The van der Waals surface area contributed by atoms with E-state index in [0.29, 0.717) is 0 Å². The predicted molar refractivity (Wildman–Crippen MR) is 39.4 cm³/mol. The van der Waals surface area contributed by atoms with Crippen molar-refractivity contribution in [1.82, 2.24) is 4.98 Å². The zero-order valence-electron chi connectivity index (χ0n) is 4.41. The first-order valence-electron chi connectivity index (χ1n) is 2.26. The highest BCUT2D eigenvalue weighted by Crippen LogP contribution is 2.23. The molecule has 0 fully saturated rings. The Morgan fingerprint density at radius 1 is 1.89 bits per heavy atom. The van der Waals surface area contributed by atoms with Gasteiger partial charge < -0.3 is 0 Å². The largest absolute Gasteiger partial charge is 0.253 e. The first-order chi connectivity index (χ1) is 4.34. The molecule has 0 bridgehead atoms. The van der Waals surface area contributed by atoms with Gasteiger partial charge in [-0.3, -0.25) is 4.98 Å². The number of nitriles is 1. The Morgan fingerprint density at radius 3 is 3.11 bits per heavy atom. The molecular weight excluding hydrogens is 200 g/mol. The van der Waals surface area contributed by atoms with E-state index in [1.165, 1.54) is 11.3 Å². The average Bonchev–Trinajstić information content (AvgIpc) is 2.37. The summed E-state index contributed by atoms with van der Waals surface area (Å²) in [6.45, 7) is 0. The second-order valence-electron chi connectivity index (χ2n) is 1.40. The van der Waals surface area contributed by atoms with Crippen LogP contribution in [0.1, 0.15) is 9.70 Å². The minimum absolute atomic E-state index is 0.190. The Morgan fingerprint density at radius 2 is 2.67 bits per heavy atom. The SMILES string of the molecule is N#CC(Br)c1cncs1. The summed E-state index contributed by atoms with van der Waals surface area (Å²) < 4.78 is 0. The molecule has 1 unspecified atom stereocenters. The summed E-state index contributed by atoms with van der Waals surface area (Å²) in [6.07, 6.45) is 1.69. The van der Waals surface area contributed by atoms with E-state index in [-0.39, 0.29) is 4.83 Å². The summed E-state index contributed by atoms with van der Waals surface area (Å²) in [5, 5.41) is 8.39. The van der Waals surface area contributed by atoms with Crippen molar-refractivity contribution in [3.8, 4) is 6.07 Å². The van der Waals surface area contributed by atoms with Crippen LogP contribution in [0.2, 0.25) is 0 Å². The molecule has 0 aromatic carbocycles. The molecule has 0 amide bonds. The van der Waals surface area contributed by atoms with Gasteiger partial charge in [-0.05, 0) is 0 Å². The quantitative estimate of drug-likeness (QED) is 0.655. The normalized spacial score (nSPS) is 12.4. The molecule has 0 N–H and O–H groups in total. The minimum Gasteiger partial charge on any atom is -0.253 e. The predicted octanol–water partition coefficient (Wildman–Crippen LogP) is 2.10. The Bertz CT molecular complexity index is 213. The van der Waals surface area contributed by atoms with E-state index in [9.17, 15) is 0 Å². The molecule has 1 aromatic rings. The van der Waals surface area contributed by atoms with Crippen molar-refractivity contribution in [2.24, 2.45) is 0 Å². The van der Waals surface area contributed by atoms with Crippen LogP contribution in [0, 0.1) is 11.3 Å². The lowest BCUT2D eigenvalue weighted by Crippen LogP contribution is -1.76. The molecule has 1 rings (SSSR count). The fourth-order valence-corrected chi connectivity index (χ4v) is 1.39. The minimum atomic E-state index is -0.190. The highest BCUT2D eigenvalue weighted by Gasteiger charge is 2.05. The van der Waals surface area contributed by atoms with Crippen molar-refractivity contribution < 1.29 is 0 Å². The number of halogens is 1. The highest BCUT2D eigenvalue weighted by molar-refractivity contribution is 9.09. The van der Waals surface area contributed by atoms with E-state index >= 15 is 0 Å². The fraction of sp³-hybridized carbons (Fsp3) is 0.200. The zero-order chi connectivity index (χ0) is 6.69. The summed E-state index contributed by atoms with van der Waals surface area (Å²) >= 11 is 4.65. The van der Waals surface area contributed by atoms with E-state index in [4.69, 9.17) is 5.26 Å². The molecule has 46 valence electrons. The van der Waals surface area contributed by atoms with Gasteiger partial charge in [0, 0.05) is 6.20 Å². The Balaban J connectivity index is 2.80. The third-order valence-corrected chi connectivity index (χ3v) is 2.66. The second-order valence-corrected chi connectivity index (χ2v) is 3.23. The summed E-state index contributed by atoms with van der Waals surface area (Å²) in [5.41, 5.74) is 1.71. The van der Waals surface area contributed by atoms with Gasteiger partial charge in [-0.15, -0.1) is 11.3 Å². The third kappa shape index (κ3) is 1.50. The van der Waals surface area contributed by atoms with Crippen molar-refractivity contribution >= 4 is 27.3 Å². The molecule has 0 aliphatic heterocycles. The molecule has 4 heteroatoms. The lowest BCUT2D eigenvalue weighted by atomic mass is 10.4. The van der Waals surface area contributed by atoms with E-state index in [2.05, 4.69) is 27.0 Å². The van der Waals surface area contributed by atoms with Gasteiger partial charge in [0.15, 0.2) is 0 Å². The van der Waals surface area contributed by atoms with Gasteiger partial charge in [0.25, 0.3) is 0 Å². The maximum absolute atomic E-state index is 8.39. The average molecular weight is 203 g/mol. The molecule has 0 spiro atoms. The molecule has 1 aromatic heterocycles. The molecule has 0 aliphatic carbocycles. The molecule has 2 nitrogen and oxygen atoms in total. The van der Waals surface area contributed by atoms with E-state index in [0.717, 1.165) is 4.88 Å². The standard InChI is InChI=1S/C5H3BrN2S/c6-4(1-7)5-2-8-3-9-5/h2-4H. The van der Waals surface area contributed by atoms with Gasteiger partial charge in [-0.25, -0.2) is 0 Å². The molecule has 9 heavy (non-hydrogen) atoms. The second kappa shape index (κ2) is 2.95. The van der Waals surface area contributed by atoms with Crippen molar-refractivity contribution in [3.05, 3.63) is 16.6 Å². The smallest absolute Gasteiger partial charge is 0.137 e. The number of hydrogen-bond donors (Lipinski definition) is 0.